The molecule has 0 spiro atoms. The molecule has 0 aliphatic carbocycles. The van der Waals surface area contributed by atoms with Crippen LogP contribution >= 0.6 is 0 Å². The second kappa shape index (κ2) is 9.12. The number of halogens is 1. The van der Waals surface area contributed by atoms with Gasteiger partial charge < -0.3 is 20.3 Å². The van der Waals surface area contributed by atoms with Gasteiger partial charge in [-0.25, -0.2) is 19.2 Å². The molecule has 8 nitrogen and oxygen atoms in total. The fraction of sp³-hybridized carbons (Fsp3) is 0.368. The van der Waals surface area contributed by atoms with Gasteiger partial charge in [-0.1, -0.05) is 12.1 Å². The summed E-state index contributed by atoms with van der Waals surface area (Å²) in [6, 6.07) is 7.61. The molecule has 0 atom stereocenters. The Kier molecular flexibility index (Phi) is 6.36. The van der Waals surface area contributed by atoms with Gasteiger partial charge in [0.25, 0.3) is 5.91 Å². The minimum absolute atomic E-state index is 0.0591. The Morgan fingerprint density at radius 2 is 2.00 bits per heavy atom. The number of carbonyl (C=O) groups excluding carboxylic acids is 2. The molecule has 2 heterocycles. The number of benzene rings is 1. The van der Waals surface area contributed by atoms with Crippen molar-refractivity contribution in [1.29, 1.82) is 0 Å². The number of hydrogen-bond acceptors (Lipinski definition) is 6. The van der Waals surface area contributed by atoms with E-state index < -0.39 is 5.82 Å². The quantitative estimate of drug-likeness (QED) is 0.819. The molecule has 2 aromatic rings. The molecule has 0 radical (unpaired) electrons. The van der Waals surface area contributed by atoms with Gasteiger partial charge in [-0.15, -0.1) is 0 Å². The lowest BCUT2D eigenvalue weighted by Crippen LogP contribution is -2.46. The number of ether oxygens (including phenoxy) is 1. The maximum absolute atomic E-state index is 13.8. The lowest BCUT2D eigenvalue weighted by atomic mass is 10.1. The molecule has 1 aromatic heterocycles. The molecule has 2 N–H and O–H groups in total. The Morgan fingerprint density at radius 1 is 1.25 bits per heavy atom. The van der Waals surface area contributed by atoms with Crippen LogP contribution in [0.4, 0.5) is 20.7 Å². The van der Waals surface area contributed by atoms with Gasteiger partial charge >= 0.3 is 6.09 Å². The maximum Gasteiger partial charge on any atom is 0.409 e. The number of para-hydroxylation sites is 1. The van der Waals surface area contributed by atoms with Crippen molar-refractivity contribution in [2.45, 2.75) is 25.8 Å². The zero-order valence-corrected chi connectivity index (χ0v) is 15.5. The predicted octanol–water partition coefficient (Wildman–Crippen LogP) is 2.71. The van der Waals surface area contributed by atoms with Crippen LogP contribution in [0, 0.1) is 5.82 Å². The highest BCUT2D eigenvalue weighted by Crippen LogP contribution is 2.18. The molecule has 1 saturated heterocycles. The van der Waals surface area contributed by atoms with Gasteiger partial charge in [-0.05, 0) is 31.9 Å². The summed E-state index contributed by atoms with van der Waals surface area (Å²) in [5.74, 6) is -0.434. The van der Waals surface area contributed by atoms with Crippen LogP contribution in [0.1, 0.15) is 30.3 Å². The Labute approximate surface area is 162 Å². The molecule has 1 aromatic carbocycles. The second-order valence-electron chi connectivity index (χ2n) is 6.33. The van der Waals surface area contributed by atoms with Crippen molar-refractivity contribution < 1.29 is 18.7 Å². The van der Waals surface area contributed by atoms with Gasteiger partial charge in [-0.3, -0.25) is 4.79 Å². The number of piperidine rings is 1. The zero-order chi connectivity index (χ0) is 19.9. The van der Waals surface area contributed by atoms with Crippen molar-refractivity contribution in [3.05, 3.63) is 48.2 Å². The van der Waals surface area contributed by atoms with Crippen molar-refractivity contribution in [2.75, 3.05) is 25.0 Å². The fourth-order valence-corrected chi connectivity index (χ4v) is 2.93. The summed E-state index contributed by atoms with van der Waals surface area (Å²) in [7, 11) is 0. The van der Waals surface area contributed by atoms with Crippen molar-refractivity contribution in [2.24, 2.45) is 0 Å². The molecule has 0 saturated carbocycles. The van der Waals surface area contributed by atoms with Gasteiger partial charge in [0, 0.05) is 25.2 Å². The largest absolute Gasteiger partial charge is 0.450 e. The summed E-state index contributed by atoms with van der Waals surface area (Å²) < 4.78 is 18.7. The van der Waals surface area contributed by atoms with E-state index in [0.29, 0.717) is 38.4 Å². The van der Waals surface area contributed by atoms with Crippen molar-refractivity contribution in [3.63, 3.8) is 0 Å². The summed E-state index contributed by atoms with van der Waals surface area (Å²) in [6.07, 6.45) is 2.19. The highest BCUT2D eigenvalue weighted by molar-refractivity contribution is 5.93. The van der Waals surface area contributed by atoms with Gasteiger partial charge in [-0.2, -0.15) is 0 Å². The maximum atomic E-state index is 13.8. The molecule has 148 valence electrons. The standard InChI is InChI=1S/C19H22FN5O3/c1-2-28-19(27)25-9-7-13(8-10-25)23-18(26)16-11-17(22-12-21-16)24-15-6-4-3-5-14(15)20/h3-6,11-13H,2,7-10H2,1H3,(H,23,26)(H,21,22,24). The second-order valence-corrected chi connectivity index (χ2v) is 6.33. The van der Waals surface area contributed by atoms with Crippen molar-refractivity contribution in [3.8, 4) is 0 Å². The average Bonchev–Trinajstić information content (AvgIpc) is 2.71. The summed E-state index contributed by atoms with van der Waals surface area (Å²) >= 11 is 0. The normalized spacial score (nSPS) is 14.4. The number of likely N-dealkylation sites (tertiary alicyclic amines) is 1. The van der Waals surface area contributed by atoms with E-state index in [1.54, 1.807) is 30.0 Å². The van der Waals surface area contributed by atoms with E-state index in [0.717, 1.165) is 0 Å². The smallest absolute Gasteiger partial charge is 0.409 e. The van der Waals surface area contributed by atoms with Crippen LogP contribution in [-0.4, -0.2) is 52.6 Å². The third-order valence-corrected chi connectivity index (χ3v) is 4.39. The van der Waals surface area contributed by atoms with Crippen LogP contribution in [0.5, 0.6) is 0 Å². The Morgan fingerprint density at radius 3 is 2.71 bits per heavy atom. The number of amides is 2. The highest BCUT2D eigenvalue weighted by Gasteiger charge is 2.25. The van der Waals surface area contributed by atoms with Crippen LogP contribution in [-0.2, 0) is 4.74 Å². The van der Waals surface area contributed by atoms with E-state index in [1.807, 2.05) is 0 Å². The van der Waals surface area contributed by atoms with E-state index in [-0.39, 0.29) is 29.4 Å². The number of nitrogens with one attached hydrogen (secondary N) is 2. The molecule has 28 heavy (non-hydrogen) atoms. The lowest BCUT2D eigenvalue weighted by Gasteiger charge is -2.31. The first-order valence-corrected chi connectivity index (χ1v) is 9.13. The van der Waals surface area contributed by atoms with Crippen molar-refractivity contribution in [1.82, 2.24) is 20.2 Å². The molecule has 1 aliphatic rings. The van der Waals surface area contributed by atoms with Crippen LogP contribution in [0.2, 0.25) is 0 Å². The van der Waals surface area contributed by atoms with Gasteiger partial charge in [0.2, 0.25) is 0 Å². The third-order valence-electron chi connectivity index (χ3n) is 4.39. The van der Waals surface area contributed by atoms with Gasteiger partial charge in [0.15, 0.2) is 0 Å². The zero-order valence-electron chi connectivity index (χ0n) is 15.5. The molecule has 1 aliphatic heterocycles. The molecule has 2 amide bonds. The van der Waals surface area contributed by atoms with Crippen LogP contribution in [0.15, 0.2) is 36.7 Å². The van der Waals surface area contributed by atoms with Gasteiger partial charge in [0.05, 0.1) is 12.3 Å². The van der Waals surface area contributed by atoms with E-state index in [1.165, 1.54) is 18.5 Å². The van der Waals surface area contributed by atoms with E-state index in [9.17, 15) is 14.0 Å². The van der Waals surface area contributed by atoms with Crippen molar-refractivity contribution >= 4 is 23.5 Å². The van der Waals surface area contributed by atoms with E-state index >= 15 is 0 Å². The Bertz CT molecular complexity index is 840. The first-order chi connectivity index (χ1) is 13.6. The summed E-state index contributed by atoms with van der Waals surface area (Å²) in [5.41, 5.74) is 0.445. The first kappa shape index (κ1) is 19.5. The van der Waals surface area contributed by atoms with Crippen LogP contribution < -0.4 is 10.6 Å². The number of anilines is 2. The van der Waals surface area contributed by atoms with Crippen LogP contribution in [0.25, 0.3) is 0 Å². The number of rotatable bonds is 5. The number of nitrogens with zero attached hydrogens (tertiary/aromatic N) is 3. The molecule has 0 bridgehead atoms. The van der Waals surface area contributed by atoms with Gasteiger partial charge in [0.1, 0.15) is 23.7 Å². The molecule has 0 unspecified atom stereocenters. The monoisotopic (exact) mass is 387 g/mol. The topological polar surface area (TPSA) is 96.5 Å². The predicted molar refractivity (Wildman–Crippen MR) is 101 cm³/mol. The lowest BCUT2D eigenvalue weighted by molar-refractivity contribution is 0.0856. The third kappa shape index (κ3) is 4.93. The van der Waals surface area contributed by atoms with E-state index in [2.05, 4.69) is 20.6 Å². The molecule has 1 fully saturated rings. The minimum atomic E-state index is -0.416. The number of hydrogen-bond donors (Lipinski definition) is 2. The highest BCUT2D eigenvalue weighted by atomic mass is 19.1. The molecule has 3 rings (SSSR count). The summed E-state index contributed by atoms with van der Waals surface area (Å²) in [5, 5.41) is 5.76. The minimum Gasteiger partial charge on any atom is -0.450 e. The summed E-state index contributed by atoms with van der Waals surface area (Å²) in [4.78, 5) is 33.9. The Hall–Kier alpha value is -3.23. The number of aromatic nitrogens is 2. The molecule has 9 heteroatoms. The SMILES string of the molecule is CCOC(=O)N1CCC(NC(=O)c2cc(Nc3ccccc3F)ncn2)CC1. The molecular weight excluding hydrogens is 365 g/mol. The average molecular weight is 387 g/mol. The molecular formula is C19H22FN5O3. The fourth-order valence-electron chi connectivity index (χ4n) is 2.93. The summed E-state index contributed by atoms with van der Waals surface area (Å²) in [6.45, 7) is 3.15. The Balaban J connectivity index is 1.57. The first-order valence-electron chi connectivity index (χ1n) is 9.13. The van der Waals surface area contributed by atoms with Crippen LogP contribution in [0.3, 0.4) is 0 Å². The van der Waals surface area contributed by atoms with E-state index in [4.69, 9.17) is 4.74 Å². The number of carbonyl (C=O) groups is 2.